The number of hydrogen-bond acceptors (Lipinski definition) is 2. The Balaban J connectivity index is 2.23. The van der Waals surface area contributed by atoms with Crippen LogP contribution in [0.4, 0.5) is 29.3 Å². The van der Waals surface area contributed by atoms with Gasteiger partial charge in [-0.1, -0.05) is 18.2 Å². The van der Waals surface area contributed by atoms with Gasteiger partial charge in [-0.2, -0.15) is 0 Å². The number of para-hydroxylation sites is 1. The first kappa shape index (κ1) is 19.4. The molecule has 0 aliphatic heterocycles. The Hall–Kier alpha value is -3.32. The molecule has 3 aromatic rings. The van der Waals surface area contributed by atoms with Crippen molar-refractivity contribution < 1.29 is 23.1 Å². The van der Waals surface area contributed by atoms with Crippen LogP contribution in [0.1, 0.15) is 11.1 Å². The third kappa shape index (κ3) is 3.57. The number of nitrogens with zero attached hydrogens (tertiary/aromatic N) is 1. The minimum absolute atomic E-state index is 0.104. The van der Waals surface area contributed by atoms with Crippen molar-refractivity contribution in [3.63, 3.8) is 0 Å². The van der Waals surface area contributed by atoms with Gasteiger partial charge in [0.25, 0.3) is 0 Å². The monoisotopic (exact) mass is 386 g/mol. The van der Waals surface area contributed by atoms with Gasteiger partial charge >= 0.3 is 6.03 Å². The van der Waals surface area contributed by atoms with E-state index in [2.05, 4.69) is 0 Å². The quantitative estimate of drug-likeness (QED) is 0.677. The first-order valence-corrected chi connectivity index (χ1v) is 8.37. The molecule has 0 aliphatic rings. The molecular weight excluding hydrogens is 369 g/mol. The second-order valence-corrected chi connectivity index (χ2v) is 6.20. The molecule has 7 heteroatoms. The van der Waals surface area contributed by atoms with E-state index in [1.807, 2.05) is 0 Å². The first-order chi connectivity index (χ1) is 13.3. The van der Waals surface area contributed by atoms with Crippen molar-refractivity contribution in [3.8, 4) is 11.1 Å². The Kier molecular flexibility index (Phi) is 5.37. The maximum atomic E-state index is 14.3. The molecule has 0 bridgehead atoms. The van der Waals surface area contributed by atoms with Crippen molar-refractivity contribution in [1.29, 1.82) is 0 Å². The summed E-state index contributed by atoms with van der Waals surface area (Å²) in [5.74, 6) is -2.33. The molecule has 3 aromatic carbocycles. The summed E-state index contributed by atoms with van der Waals surface area (Å²) in [7, 11) is 0. The van der Waals surface area contributed by atoms with Crippen molar-refractivity contribution in [2.45, 2.75) is 13.5 Å². The number of carbonyl (C=O) groups is 1. The second kappa shape index (κ2) is 7.74. The predicted molar refractivity (Wildman–Crippen MR) is 101 cm³/mol. The Morgan fingerprint density at radius 3 is 2.25 bits per heavy atom. The van der Waals surface area contributed by atoms with Gasteiger partial charge in [-0.05, 0) is 65.6 Å². The molecule has 0 aliphatic carbocycles. The fourth-order valence-electron chi connectivity index (χ4n) is 3.09. The Morgan fingerprint density at radius 1 is 1.00 bits per heavy atom. The summed E-state index contributed by atoms with van der Waals surface area (Å²) in [5.41, 5.74) is 7.08. The van der Waals surface area contributed by atoms with Crippen molar-refractivity contribution in [1.82, 2.24) is 0 Å². The number of urea groups is 1. The topological polar surface area (TPSA) is 66.6 Å². The van der Waals surface area contributed by atoms with Crippen molar-refractivity contribution in [3.05, 3.63) is 83.2 Å². The van der Waals surface area contributed by atoms with Crippen LogP contribution in [0.5, 0.6) is 0 Å². The molecule has 0 spiro atoms. The van der Waals surface area contributed by atoms with E-state index in [-0.39, 0.29) is 12.3 Å². The highest BCUT2D eigenvalue weighted by Gasteiger charge is 2.24. The van der Waals surface area contributed by atoms with Crippen LogP contribution in [0.3, 0.4) is 0 Å². The molecule has 4 nitrogen and oxygen atoms in total. The number of carbonyl (C=O) groups excluding carboxylic acids is 1. The van der Waals surface area contributed by atoms with Crippen molar-refractivity contribution in [2.75, 3.05) is 4.90 Å². The summed E-state index contributed by atoms with van der Waals surface area (Å²) in [6.45, 7) is 1.37. The fraction of sp³-hybridized carbons (Fsp3) is 0.0952. The van der Waals surface area contributed by atoms with E-state index in [1.165, 1.54) is 42.5 Å². The van der Waals surface area contributed by atoms with Gasteiger partial charge in [-0.25, -0.2) is 18.0 Å². The summed E-state index contributed by atoms with van der Waals surface area (Å²) in [4.78, 5) is 12.8. The number of aliphatic hydroxyl groups is 1. The minimum atomic E-state index is -1.08. The number of aryl methyl sites for hydroxylation is 1. The highest BCUT2D eigenvalue weighted by molar-refractivity contribution is 5.99. The van der Waals surface area contributed by atoms with Crippen LogP contribution in [-0.2, 0) is 6.61 Å². The number of halogens is 3. The molecule has 0 saturated heterocycles. The minimum Gasteiger partial charge on any atom is -0.392 e. The van der Waals surface area contributed by atoms with Crippen LogP contribution in [0, 0.1) is 24.4 Å². The van der Waals surface area contributed by atoms with Gasteiger partial charge in [0.05, 0.1) is 12.3 Å². The van der Waals surface area contributed by atoms with E-state index in [0.29, 0.717) is 27.2 Å². The standard InChI is InChI=1S/C21H17F3N2O2/c1-12-9-14(22)6-8-16(12)17-10-15(7-5-13(17)11-27)26(21(25)28)20-18(23)3-2-4-19(20)24/h2-10,27H,11H2,1H3,(H2,25,28). The van der Waals surface area contributed by atoms with Gasteiger partial charge < -0.3 is 10.8 Å². The van der Waals surface area contributed by atoms with Crippen LogP contribution < -0.4 is 10.6 Å². The van der Waals surface area contributed by atoms with E-state index in [0.717, 1.165) is 12.1 Å². The normalized spacial score (nSPS) is 10.8. The molecule has 0 unspecified atom stereocenters. The molecule has 0 saturated carbocycles. The molecule has 0 atom stereocenters. The third-order valence-electron chi connectivity index (χ3n) is 4.38. The number of hydrogen-bond donors (Lipinski definition) is 2. The maximum Gasteiger partial charge on any atom is 0.324 e. The largest absolute Gasteiger partial charge is 0.392 e. The summed E-state index contributed by atoms with van der Waals surface area (Å²) >= 11 is 0. The van der Waals surface area contributed by atoms with Gasteiger partial charge in [-0.3, -0.25) is 4.90 Å². The average Bonchev–Trinajstić information content (AvgIpc) is 2.64. The van der Waals surface area contributed by atoms with E-state index in [4.69, 9.17) is 5.73 Å². The highest BCUT2D eigenvalue weighted by Crippen LogP contribution is 2.35. The number of rotatable bonds is 4. The third-order valence-corrected chi connectivity index (χ3v) is 4.38. The summed E-state index contributed by atoms with van der Waals surface area (Å²) in [5, 5.41) is 9.67. The van der Waals surface area contributed by atoms with Crippen molar-refractivity contribution in [2.24, 2.45) is 5.73 Å². The summed E-state index contributed by atoms with van der Waals surface area (Å²) in [6.07, 6.45) is 0. The Morgan fingerprint density at radius 2 is 1.68 bits per heavy atom. The van der Waals surface area contributed by atoms with Gasteiger partial charge in [0.2, 0.25) is 0 Å². The molecule has 144 valence electrons. The number of nitrogens with two attached hydrogens (primary N) is 1. The first-order valence-electron chi connectivity index (χ1n) is 8.37. The van der Waals surface area contributed by atoms with E-state index in [9.17, 15) is 23.1 Å². The van der Waals surface area contributed by atoms with Gasteiger partial charge in [0.15, 0.2) is 0 Å². The predicted octanol–water partition coefficient (Wildman–Crippen LogP) is 4.79. The lowest BCUT2D eigenvalue weighted by Gasteiger charge is -2.23. The van der Waals surface area contributed by atoms with E-state index >= 15 is 0 Å². The van der Waals surface area contributed by atoms with Crippen LogP contribution >= 0.6 is 0 Å². The lowest BCUT2D eigenvalue weighted by atomic mass is 9.95. The highest BCUT2D eigenvalue weighted by atomic mass is 19.1. The molecule has 0 radical (unpaired) electrons. The van der Waals surface area contributed by atoms with Crippen LogP contribution in [0.2, 0.25) is 0 Å². The Bertz CT molecular complexity index is 1030. The Labute approximate surface area is 159 Å². The molecule has 0 aromatic heterocycles. The molecule has 2 amide bonds. The molecule has 3 N–H and O–H groups in total. The zero-order valence-corrected chi connectivity index (χ0v) is 14.9. The molecule has 28 heavy (non-hydrogen) atoms. The molecular formula is C21H17F3N2O2. The maximum absolute atomic E-state index is 14.3. The average molecular weight is 386 g/mol. The zero-order chi connectivity index (χ0) is 20.4. The second-order valence-electron chi connectivity index (χ2n) is 6.20. The van der Waals surface area contributed by atoms with Crippen molar-refractivity contribution >= 4 is 17.4 Å². The lowest BCUT2D eigenvalue weighted by Crippen LogP contribution is -2.33. The number of benzene rings is 3. The van der Waals surface area contributed by atoms with Crippen LogP contribution in [0.15, 0.2) is 54.6 Å². The number of primary amides is 1. The molecule has 0 fully saturated rings. The SMILES string of the molecule is Cc1cc(F)ccc1-c1cc(N(C(N)=O)c2c(F)cccc2F)ccc1CO. The number of aliphatic hydroxyl groups excluding tert-OH is 1. The van der Waals surface area contributed by atoms with E-state index < -0.39 is 29.2 Å². The fourth-order valence-corrected chi connectivity index (χ4v) is 3.09. The zero-order valence-electron chi connectivity index (χ0n) is 14.9. The van der Waals surface area contributed by atoms with E-state index in [1.54, 1.807) is 6.92 Å². The van der Waals surface area contributed by atoms with Crippen LogP contribution in [0.25, 0.3) is 11.1 Å². The number of amides is 2. The molecule has 0 heterocycles. The molecule has 3 rings (SSSR count). The number of anilines is 2. The van der Waals surface area contributed by atoms with Gasteiger partial charge in [0, 0.05) is 0 Å². The van der Waals surface area contributed by atoms with Crippen LogP contribution in [-0.4, -0.2) is 11.1 Å². The van der Waals surface area contributed by atoms with Gasteiger partial charge in [0.1, 0.15) is 23.1 Å². The lowest BCUT2D eigenvalue weighted by molar-refractivity contribution is 0.255. The summed E-state index contributed by atoms with van der Waals surface area (Å²) in [6, 6.07) is 10.7. The smallest absolute Gasteiger partial charge is 0.324 e. The summed E-state index contributed by atoms with van der Waals surface area (Å²) < 4.78 is 42.0. The van der Waals surface area contributed by atoms with Gasteiger partial charge in [-0.15, -0.1) is 0 Å².